The van der Waals surface area contributed by atoms with E-state index in [4.69, 9.17) is 10.5 Å². The Labute approximate surface area is 161 Å². The van der Waals surface area contributed by atoms with Crippen LogP contribution in [0.1, 0.15) is 45.4 Å². The molecule has 0 heterocycles. The number of carbonyl (C=O) groups excluding carboxylic acids is 2. The molecule has 0 aliphatic heterocycles. The Bertz CT molecular complexity index is 572. The van der Waals surface area contributed by atoms with Gasteiger partial charge in [0.25, 0.3) is 0 Å². The Hall–Kier alpha value is -1.79. The molecule has 1 aliphatic carbocycles. The van der Waals surface area contributed by atoms with Gasteiger partial charge in [-0.25, -0.2) is 0 Å². The molecule has 0 aromatic heterocycles. The van der Waals surface area contributed by atoms with Crippen LogP contribution >= 0.6 is 12.4 Å². The van der Waals surface area contributed by atoms with Gasteiger partial charge >= 0.3 is 0 Å². The number of nitrogens with two attached hydrogens (primary N) is 1. The topological polar surface area (TPSA) is 93.5 Å². The Kier molecular flexibility index (Phi) is 9.44. The first-order valence-corrected chi connectivity index (χ1v) is 9.06. The van der Waals surface area contributed by atoms with Crippen molar-refractivity contribution in [2.45, 2.75) is 45.4 Å². The van der Waals surface area contributed by atoms with Gasteiger partial charge in [-0.15, -0.1) is 12.4 Å². The average Bonchev–Trinajstić information content (AvgIpc) is 2.63. The first-order chi connectivity index (χ1) is 12.1. The van der Waals surface area contributed by atoms with Gasteiger partial charge < -0.3 is 21.1 Å². The van der Waals surface area contributed by atoms with Crippen molar-refractivity contribution in [1.82, 2.24) is 5.32 Å². The number of halogens is 1. The van der Waals surface area contributed by atoms with Crippen LogP contribution in [0.3, 0.4) is 0 Å². The molecule has 0 bridgehead atoms. The summed E-state index contributed by atoms with van der Waals surface area (Å²) < 4.78 is 5.36. The first kappa shape index (κ1) is 22.3. The second-order valence-electron chi connectivity index (χ2n) is 6.72. The second-order valence-corrected chi connectivity index (χ2v) is 6.72. The summed E-state index contributed by atoms with van der Waals surface area (Å²) in [5.41, 5.74) is 6.49. The maximum Gasteiger partial charge on any atom is 0.243 e. The lowest BCUT2D eigenvalue weighted by atomic mass is 9.71. The summed E-state index contributed by atoms with van der Waals surface area (Å²) in [7, 11) is 0. The van der Waals surface area contributed by atoms with E-state index in [0.717, 1.165) is 31.4 Å². The maximum absolute atomic E-state index is 12.2. The smallest absolute Gasteiger partial charge is 0.243 e. The van der Waals surface area contributed by atoms with E-state index in [9.17, 15) is 9.59 Å². The van der Waals surface area contributed by atoms with Crippen molar-refractivity contribution in [3.05, 3.63) is 24.3 Å². The van der Waals surface area contributed by atoms with Gasteiger partial charge in [0.2, 0.25) is 11.8 Å². The molecule has 4 N–H and O–H groups in total. The van der Waals surface area contributed by atoms with Gasteiger partial charge in [-0.1, -0.05) is 19.3 Å². The molecule has 2 rings (SSSR count). The summed E-state index contributed by atoms with van der Waals surface area (Å²) in [6.07, 6.45) is 5.86. The average molecular weight is 384 g/mol. The number of anilines is 1. The van der Waals surface area contributed by atoms with Crippen LogP contribution in [-0.4, -0.2) is 31.5 Å². The van der Waals surface area contributed by atoms with Crippen LogP contribution in [0.15, 0.2) is 24.3 Å². The number of hydrogen-bond acceptors (Lipinski definition) is 4. The summed E-state index contributed by atoms with van der Waals surface area (Å²) in [5, 5.41) is 5.47. The van der Waals surface area contributed by atoms with Gasteiger partial charge in [-0.05, 0) is 56.0 Å². The van der Waals surface area contributed by atoms with Gasteiger partial charge in [0.05, 0.1) is 13.2 Å². The molecule has 7 heteroatoms. The standard InChI is InChI=1S/C19H29N3O3.ClH/c1-2-25-16-8-6-15(7-9-16)22-18(24)13-21-17(23)12-19(14-20)10-4-3-5-11-19;/h6-9H,2-5,10-14,20H2,1H3,(H,21,23)(H,22,24);1H. The molecule has 0 radical (unpaired) electrons. The van der Waals surface area contributed by atoms with E-state index in [-0.39, 0.29) is 36.2 Å². The summed E-state index contributed by atoms with van der Waals surface area (Å²) in [6, 6.07) is 7.14. The fraction of sp³-hybridized carbons (Fsp3) is 0.579. The van der Waals surface area contributed by atoms with Crippen molar-refractivity contribution >= 4 is 29.9 Å². The summed E-state index contributed by atoms with van der Waals surface area (Å²) in [5.74, 6) is 0.408. The molecule has 146 valence electrons. The molecule has 0 saturated heterocycles. The van der Waals surface area contributed by atoms with Crippen LogP contribution in [-0.2, 0) is 9.59 Å². The summed E-state index contributed by atoms with van der Waals surface area (Å²) >= 11 is 0. The molecule has 2 amide bonds. The third kappa shape index (κ3) is 6.84. The van der Waals surface area contributed by atoms with E-state index in [1.807, 2.05) is 6.92 Å². The Morgan fingerprint density at radius 3 is 2.35 bits per heavy atom. The van der Waals surface area contributed by atoms with Crippen LogP contribution in [0.5, 0.6) is 5.75 Å². The quantitative estimate of drug-likeness (QED) is 0.643. The molecule has 0 unspecified atom stereocenters. The van der Waals surface area contributed by atoms with Crippen LogP contribution in [0, 0.1) is 5.41 Å². The van der Waals surface area contributed by atoms with Crippen molar-refractivity contribution in [2.75, 3.05) is 25.0 Å². The van der Waals surface area contributed by atoms with E-state index < -0.39 is 0 Å². The molecule has 1 fully saturated rings. The van der Waals surface area contributed by atoms with Gasteiger partial charge in [0.15, 0.2) is 0 Å². The first-order valence-electron chi connectivity index (χ1n) is 9.06. The zero-order valence-corrected chi connectivity index (χ0v) is 16.2. The molecule has 1 aromatic carbocycles. The molecule has 0 atom stereocenters. The van der Waals surface area contributed by atoms with Crippen molar-refractivity contribution in [1.29, 1.82) is 0 Å². The third-order valence-corrected chi connectivity index (χ3v) is 4.78. The Morgan fingerprint density at radius 1 is 1.12 bits per heavy atom. The molecular weight excluding hydrogens is 354 g/mol. The minimum atomic E-state index is -0.247. The number of amides is 2. The second kappa shape index (κ2) is 11.0. The predicted molar refractivity (Wildman–Crippen MR) is 106 cm³/mol. The minimum Gasteiger partial charge on any atom is -0.494 e. The van der Waals surface area contributed by atoms with Crippen LogP contribution in [0.2, 0.25) is 0 Å². The van der Waals surface area contributed by atoms with Gasteiger partial charge in [0.1, 0.15) is 5.75 Å². The van der Waals surface area contributed by atoms with E-state index in [0.29, 0.717) is 25.3 Å². The molecule has 6 nitrogen and oxygen atoms in total. The summed E-state index contributed by atoms with van der Waals surface area (Å²) in [6.45, 7) is 3.01. The van der Waals surface area contributed by atoms with E-state index in [2.05, 4.69) is 10.6 Å². The zero-order chi connectivity index (χ0) is 18.1. The Balaban J connectivity index is 0.00000338. The largest absolute Gasteiger partial charge is 0.494 e. The van der Waals surface area contributed by atoms with E-state index in [1.54, 1.807) is 24.3 Å². The van der Waals surface area contributed by atoms with Gasteiger partial charge in [-0.3, -0.25) is 9.59 Å². The highest BCUT2D eigenvalue weighted by atomic mass is 35.5. The zero-order valence-electron chi connectivity index (χ0n) is 15.4. The number of hydrogen-bond donors (Lipinski definition) is 3. The maximum atomic E-state index is 12.2. The highest BCUT2D eigenvalue weighted by molar-refractivity contribution is 5.94. The predicted octanol–water partition coefficient (Wildman–Crippen LogP) is 2.86. The van der Waals surface area contributed by atoms with E-state index in [1.165, 1.54) is 6.42 Å². The van der Waals surface area contributed by atoms with Crippen LogP contribution < -0.4 is 21.1 Å². The number of ether oxygens (including phenoxy) is 1. The highest BCUT2D eigenvalue weighted by Crippen LogP contribution is 2.38. The number of benzene rings is 1. The minimum absolute atomic E-state index is 0. The number of nitrogens with one attached hydrogen (secondary N) is 2. The van der Waals surface area contributed by atoms with Crippen LogP contribution in [0.25, 0.3) is 0 Å². The number of carbonyl (C=O) groups is 2. The molecule has 1 aliphatic rings. The fourth-order valence-electron chi connectivity index (χ4n) is 3.34. The molecule has 1 saturated carbocycles. The van der Waals surface area contributed by atoms with Crippen LogP contribution in [0.4, 0.5) is 5.69 Å². The highest BCUT2D eigenvalue weighted by Gasteiger charge is 2.32. The van der Waals surface area contributed by atoms with Crippen molar-refractivity contribution in [3.63, 3.8) is 0 Å². The Morgan fingerprint density at radius 2 is 1.77 bits per heavy atom. The lowest BCUT2D eigenvalue weighted by molar-refractivity contribution is -0.126. The van der Waals surface area contributed by atoms with Gasteiger partial charge in [0, 0.05) is 12.1 Å². The molecule has 26 heavy (non-hydrogen) atoms. The summed E-state index contributed by atoms with van der Waals surface area (Å²) in [4.78, 5) is 24.2. The van der Waals surface area contributed by atoms with Crippen molar-refractivity contribution < 1.29 is 14.3 Å². The van der Waals surface area contributed by atoms with E-state index >= 15 is 0 Å². The molecule has 0 spiro atoms. The normalized spacial score (nSPS) is 15.5. The third-order valence-electron chi connectivity index (χ3n) is 4.78. The SMILES string of the molecule is CCOc1ccc(NC(=O)CNC(=O)CC2(CN)CCCCC2)cc1.Cl. The van der Waals surface area contributed by atoms with Gasteiger partial charge in [-0.2, -0.15) is 0 Å². The fourth-order valence-corrected chi connectivity index (χ4v) is 3.34. The van der Waals surface area contributed by atoms with Crippen molar-refractivity contribution in [2.24, 2.45) is 11.1 Å². The molecule has 1 aromatic rings. The van der Waals surface area contributed by atoms with Crippen molar-refractivity contribution in [3.8, 4) is 5.75 Å². The lowest BCUT2D eigenvalue weighted by Crippen LogP contribution is -2.40. The molecular formula is C19H30ClN3O3. The monoisotopic (exact) mass is 383 g/mol. The number of rotatable bonds is 8. The lowest BCUT2D eigenvalue weighted by Gasteiger charge is -2.35.